The molecule has 0 aliphatic heterocycles. The number of nitrogens with two attached hydrogens (primary N) is 1. The number of fused-ring (bicyclic) bond motifs is 2. The molecule has 0 spiro atoms. The molecule has 152 valence electrons. The molecule has 6 heteroatoms. The van der Waals surface area contributed by atoms with Crippen molar-refractivity contribution in [2.45, 2.75) is 38.9 Å². The fourth-order valence-electron chi connectivity index (χ4n) is 4.30. The zero-order valence-electron chi connectivity index (χ0n) is 16.9. The number of nitrogen functional groups attached to an aromatic ring is 1. The first kappa shape index (κ1) is 18.6. The third kappa shape index (κ3) is 3.29. The first-order valence-electron chi connectivity index (χ1n) is 10.2. The topological polar surface area (TPSA) is 85.9 Å². The SMILES string of the molecule is Cc1cc2c(C(=O)n3nc(N)c4c3CCC(OCc3ccccc3)C4)cccc2[nH]1. The van der Waals surface area contributed by atoms with Crippen molar-refractivity contribution >= 4 is 22.6 Å². The molecule has 0 amide bonds. The van der Waals surface area contributed by atoms with Crippen molar-refractivity contribution in [3.8, 4) is 0 Å². The Morgan fingerprint density at radius 2 is 2.07 bits per heavy atom. The van der Waals surface area contributed by atoms with E-state index >= 15 is 0 Å². The molecule has 0 bridgehead atoms. The van der Waals surface area contributed by atoms with E-state index in [1.807, 2.05) is 49.4 Å². The number of H-pyrrole nitrogens is 1. The molecule has 2 aromatic carbocycles. The summed E-state index contributed by atoms with van der Waals surface area (Å²) in [6.45, 7) is 2.56. The van der Waals surface area contributed by atoms with Gasteiger partial charge in [0.15, 0.2) is 0 Å². The Bertz CT molecular complexity index is 1220. The number of carbonyl (C=O) groups is 1. The molecule has 0 radical (unpaired) electrons. The van der Waals surface area contributed by atoms with E-state index in [2.05, 4.69) is 22.2 Å². The highest BCUT2D eigenvalue weighted by atomic mass is 16.5. The number of rotatable bonds is 4. The van der Waals surface area contributed by atoms with Gasteiger partial charge >= 0.3 is 0 Å². The van der Waals surface area contributed by atoms with Gasteiger partial charge in [0.2, 0.25) is 0 Å². The zero-order chi connectivity index (χ0) is 20.7. The van der Waals surface area contributed by atoms with Crippen molar-refractivity contribution in [3.05, 3.63) is 82.7 Å². The van der Waals surface area contributed by atoms with Crippen LogP contribution in [0.1, 0.15) is 39.3 Å². The van der Waals surface area contributed by atoms with E-state index < -0.39 is 0 Å². The standard InChI is InChI=1S/C24H24N4O2/c1-15-12-19-18(8-5-9-21(19)26-15)24(29)28-22-11-10-17(13-20(22)23(25)27-28)30-14-16-6-3-2-4-7-16/h2-9,12,17,26H,10-11,13-14H2,1H3,(H2,25,27). The summed E-state index contributed by atoms with van der Waals surface area (Å²) in [6, 6.07) is 17.8. The van der Waals surface area contributed by atoms with Crippen molar-refractivity contribution in [3.63, 3.8) is 0 Å². The number of nitrogens with one attached hydrogen (secondary N) is 1. The van der Waals surface area contributed by atoms with Gasteiger partial charge < -0.3 is 15.5 Å². The number of aryl methyl sites for hydroxylation is 1. The number of aromatic nitrogens is 3. The Kier molecular flexibility index (Phi) is 4.64. The Hall–Kier alpha value is -3.38. The fraction of sp³-hybridized carbons (Fsp3) is 0.250. The molecule has 0 fully saturated rings. The number of hydrogen-bond donors (Lipinski definition) is 2. The maximum atomic E-state index is 13.3. The summed E-state index contributed by atoms with van der Waals surface area (Å²) in [4.78, 5) is 16.6. The smallest absolute Gasteiger partial charge is 0.279 e. The lowest BCUT2D eigenvalue weighted by atomic mass is 9.94. The van der Waals surface area contributed by atoms with E-state index in [0.29, 0.717) is 30.8 Å². The molecule has 3 N–H and O–H groups in total. The molecule has 0 saturated heterocycles. The molecule has 4 aromatic rings. The van der Waals surface area contributed by atoms with Crippen molar-refractivity contribution < 1.29 is 9.53 Å². The third-order valence-corrected chi connectivity index (χ3v) is 5.81. The van der Waals surface area contributed by atoms with E-state index in [0.717, 1.165) is 39.8 Å². The Labute approximate surface area is 174 Å². The third-order valence-electron chi connectivity index (χ3n) is 5.81. The van der Waals surface area contributed by atoms with Crippen molar-refractivity contribution in [2.24, 2.45) is 0 Å². The minimum Gasteiger partial charge on any atom is -0.382 e. The Morgan fingerprint density at radius 1 is 1.23 bits per heavy atom. The van der Waals surface area contributed by atoms with Gasteiger partial charge in [-0.15, -0.1) is 5.10 Å². The number of nitrogens with zero attached hydrogens (tertiary/aromatic N) is 2. The number of benzene rings is 2. The average Bonchev–Trinajstić information content (AvgIpc) is 3.31. The van der Waals surface area contributed by atoms with Crippen molar-refractivity contribution in [1.82, 2.24) is 14.8 Å². The molecule has 5 rings (SSSR count). The van der Waals surface area contributed by atoms with Gasteiger partial charge in [0.25, 0.3) is 5.91 Å². The molecule has 6 nitrogen and oxygen atoms in total. The van der Waals surface area contributed by atoms with Crippen LogP contribution in [0.4, 0.5) is 5.82 Å². The second-order valence-corrected chi connectivity index (χ2v) is 7.91. The highest BCUT2D eigenvalue weighted by molar-refractivity contribution is 6.07. The van der Waals surface area contributed by atoms with Crippen LogP contribution in [0.15, 0.2) is 54.6 Å². The van der Waals surface area contributed by atoms with E-state index in [1.165, 1.54) is 4.68 Å². The van der Waals surface area contributed by atoms with Gasteiger partial charge in [-0.1, -0.05) is 36.4 Å². The summed E-state index contributed by atoms with van der Waals surface area (Å²) in [5.41, 5.74) is 11.8. The monoisotopic (exact) mass is 400 g/mol. The maximum absolute atomic E-state index is 13.3. The summed E-state index contributed by atoms with van der Waals surface area (Å²) < 4.78 is 7.61. The average molecular weight is 400 g/mol. The second kappa shape index (κ2) is 7.46. The number of anilines is 1. The predicted molar refractivity (Wildman–Crippen MR) is 116 cm³/mol. The largest absolute Gasteiger partial charge is 0.382 e. The summed E-state index contributed by atoms with van der Waals surface area (Å²) in [7, 11) is 0. The van der Waals surface area contributed by atoms with Gasteiger partial charge in [-0.25, -0.2) is 0 Å². The minimum atomic E-state index is -0.142. The molecule has 1 aliphatic carbocycles. The predicted octanol–water partition coefficient (Wildman–Crippen LogP) is 4.02. The van der Waals surface area contributed by atoms with Gasteiger partial charge in [0.1, 0.15) is 5.82 Å². The lowest BCUT2D eigenvalue weighted by Gasteiger charge is -2.23. The van der Waals surface area contributed by atoms with Crippen LogP contribution in [0.5, 0.6) is 0 Å². The van der Waals surface area contributed by atoms with Crippen LogP contribution in [-0.4, -0.2) is 26.8 Å². The number of hydrogen-bond acceptors (Lipinski definition) is 4. The van der Waals surface area contributed by atoms with Crippen LogP contribution >= 0.6 is 0 Å². The van der Waals surface area contributed by atoms with Gasteiger partial charge in [-0.2, -0.15) is 4.68 Å². The Balaban J connectivity index is 1.39. The first-order chi connectivity index (χ1) is 14.6. The lowest BCUT2D eigenvalue weighted by molar-refractivity contribution is 0.0315. The second-order valence-electron chi connectivity index (χ2n) is 7.91. The molecule has 1 aliphatic rings. The van der Waals surface area contributed by atoms with Crippen LogP contribution in [0.3, 0.4) is 0 Å². The first-order valence-corrected chi connectivity index (χ1v) is 10.2. The molecule has 1 atom stereocenters. The summed E-state index contributed by atoms with van der Waals surface area (Å²) in [6.07, 6.45) is 2.30. The van der Waals surface area contributed by atoms with Crippen LogP contribution < -0.4 is 5.73 Å². The van der Waals surface area contributed by atoms with E-state index in [4.69, 9.17) is 10.5 Å². The van der Waals surface area contributed by atoms with Crippen LogP contribution in [0.2, 0.25) is 0 Å². The minimum absolute atomic E-state index is 0.0727. The number of carbonyl (C=O) groups excluding carboxylic acids is 1. The molecule has 1 unspecified atom stereocenters. The van der Waals surface area contributed by atoms with Gasteiger partial charge in [0.05, 0.1) is 24.0 Å². The summed E-state index contributed by atoms with van der Waals surface area (Å²) in [5, 5.41) is 5.32. The normalized spacial score (nSPS) is 16.0. The number of aromatic amines is 1. The van der Waals surface area contributed by atoms with Crippen LogP contribution in [0, 0.1) is 6.92 Å². The summed E-state index contributed by atoms with van der Waals surface area (Å²) >= 11 is 0. The van der Waals surface area contributed by atoms with E-state index in [1.54, 1.807) is 0 Å². The summed E-state index contributed by atoms with van der Waals surface area (Å²) in [5.74, 6) is 0.278. The van der Waals surface area contributed by atoms with Crippen molar-refractivity contribution in [2.75, 3.05) is 5.73 Å². The molecule has 2 heterocycles. The zero-order valence-corrected chi connectivity index (χ0v) is 16.9. The van der Waals surface area contributed by atoms with E-state index in [-0.39, 0.29) is 12.0 Å². The van der Waals surface area contributed by atoms with Gasteiger partial charge in [-0.3, -0.25) is 4.79 Å². The molecular weight excluding hydrogens is 376 g/mol. The van der Waals surface area contributed by atoms with Crippen LogP contribution in [0.25, 0.3) is 10.9 Å². The fourth-order valence-corrected chi connectivity index (χ4v) is 4.30. The molecule has 2 aromatic heterocycles. The van der Waals surface area contributed by atoms with E-state index in [9.17, 15) is 4.79 Å². The highest BCUT2D eigenvalue weighted by Crippen LogP contribution is 2.30. The van der Waals surface area contributed by atoms with Gasteiger partial charge in [-0.05, 0) is 43.5 Å². The molecule has 30 heavy (non-hydrogen) atoms. The highest BCUT2D eigenvalue weighted by Gasteiger charge is 2.29. The Morgan fingerprint density at radius 3 is 2.90 bits per heavy atom. The molecule has 0 saturated carbocycles. The maximum Gasteiger partial charge on any atom is 0.279 e. The van der Waals surface area contributed by atoms with Crippen molar-refractivity contribution in [1.29, 1.82) is 0 Å². The van der Waals surface area contributed by atoms with Gasteiger partial charge in [0, 0.05) is 28.6 Å². The van der Waals surface area contributed by atoms with Crippen LogP contribution in [-0.2, 0) is 24.2 Å². The molecular formula is C24H24N4O2. The quantitative estimate of drug-likeness (QED) is 0.542. The lowest BCUT2D eigenvalue weighted by Crippen LogP contribution is -2.25. The number of ether oxygens (including phenoxy) is 1.